The van der Waals surface area contributed by atoms with Gasteiger partial charge in [-0.25, -0.2) is 4.39 Å². The summed E-state index contributed by atoms with van der Waals surface area (Å²) < 4.78 is 24.4. The number of hydrogen-bond donors (Lipinski definition) is 1. The molecule has 5 heteroatoms. The van der Waals surface area contributed by atoms with Crippen LogP contribution < -0.4 is 9.47 Å². The maximum atomic E-state index is 13.6. The summed E-state index contributed by atoms with van der Waals surface area (Å²) >= 11 is 5.69. The highest BCUT2D eigenvalue weighted by Crippen LogP contribution is 2.29. The second kappa shape index (κ2) is 6.59. The van der Waals surface area contributed by atoms with Crippen molar-refractivity contribution in [2.24, 2.45) is 0 Å². The van der Waals surface area contributed by atoms with Gasteiger partial charge in [0, 0.05) is 10.6 Å². The fourth-order valence-corrected chi connectivity index (χ4v) is 1.89. The fraction of sp³-hybridized carbons (Fsp3) is 0.200. The van der Waals surface area contributed by atoms with Gasteiger partial charge in [0.15, 0.2) is 11.5 Å². The van der Waals surface area contributed by atoms with Gasteiger partial charge in [-0.1, -0.05) is 23.7 Å². The Morgan fingerprint density at radius 1 is 1.15 bits per heavy atom. The average molecular weight is 297 g/mol. The summed E-state index contributed by atoms with van der Waals surface area (Å²) in [7, 11) is 1.52. The van der Waals surface area contributed by atoms with Crippen LogP contribution in [0.1, 0.15) is 11.1 Å². The van der Waals surface area contributed by atoms with Crippen LogP contribution in [0.4, 0.5) is 4.39 Å². The Morgan fingerprint density at radius 3 is 2.60 bits per heavy atom. The minimum absolute atomic E-state index is 0.0498. The highest BCUT2D eigenvalue weighted by molar-refractivity contribution is 6.30. The van der Waals surface area contributed by atoms with Gasteiger partial charge in [0.05, 0.1) is 13.7 Å². The standard InChI is InChI=1S/C15H14ClFO3/c1-19-14-5-2-10(8-18)6-15(14)20-9-11-3-4-12(16)7-13(11)17/h2-7,18H,8-9H2,1H3. The van der Waals surface area contributed by atoms with E-state index in [1.165, 1.54) is 13.2 Å². The van der Waals surface area contributed by atoms with Gasteiger partial charge in [-0.05, 0) is 29.8 Å². The normalized spacial score (nSPS) is 10.4. The number of methoxy groups -OCH3 is 1. The maximum absolute atomic E-state index is 13.6. The molecule has 0 unspecified atom stereocenters. The van der Waals surface area contributed by atoms with Gasteiger partial charge in [0.2, 0.25) is 0 Å². The molecule has 2 aromatic carbocycles. The van der Waals surface area contributed by atoms with Gasteiger partial charge in [-0.2, -0.15) is 0 Å². The zero-order chi connectivity index (χ0) is 14.5. The summed E-state index contributed by atoms with van der Waals surface area (Å²) in [6, 6.07) is 9.49. The van der Waals surface area contributed by atoms with E-state index in [0.717, 1.165) is 0 Å². The highest BCUT2D eigenvalue weighted by Gasteiger charge is 2.08. The van der Waals surface area contributed by atoms with Crippen molar-refractivity contribution in [2.75, 3.05) is 7.11 Å². The molecule has 0 bridgehead atoms. The van der Waals surface area contributed by atoms with E-state index in [9.17, 15) is 4.39 Å². The van der Waals surface area contributed by atoms with Gasteiger partial charge in [0.1, 0.15) is 12.4 Å². The summed E-state index contributed by atoms with van der Waals surface area (Å²) in [6.07, 6.45) is 0. The lowest BCUT2D eigenvalue weighted by molar-refractivity contribution is 0.269. The quantitative estimate of drug-likeness (QED) is 0.917. The van der Waals surface area contributed by atoms with Crippen molar-refractivity contribution in [3.8, 4) is 11.5 Å². The SMILES string of the molecule is COc1ccc(CO)cc1OCc1ccc(Cl)cc1F. The molecule has 2 rings (SSSR count). The molecule has 1 N–H and O–H groups in total. The van der Waals surface area contributed by atoms with E-state index in [-0.39, 0.29) is 13.2 Å². The molecule has 2 aromatic rings. The second-order valence-corrected chi connectivity index (χ2v) is 4.60. The zero-order valence-corrected chi connectivity index (χ0v) is 11.7. The lowest BCUT2D eigenvalue weighted by Gasteiger charge is -2.12. The van der Waals surface area contributed by atoms with Crippen LogP contribution in [0.2, 0.25) is 5.02 Å². The molecule has 0 radical (unpaired) electrons. The lowest BCUT2D eigenvalue weighted by atomic mass is 10.2. The Bertz CT molecular complexity index is 602. The van der Waals surface area contributed by atoms with Gasteiger partial charge in [-0.3, -0.25) is 0 Å². The average Bonchev–Trinajstić information content (AvgIpc) is 2.46. The molecule has 0 saturated heterocycles. The predicted molar refractivity (Wildman–Crippen MR) is 74.7 cm³/mol. The molecular formula is C15H14ClFO3. The molecule has 0 saturated carbocycles. The Hall–Kier alpha value is -1.78. The van der Waals surface area contributed by atoms with Crippen LogP contribution in [0, 0.1) is 5.82 Å². The first-order chi connectivity index (χ1) is 9.63. The summed E-state index contributed by atoms with van der Waals surface area (Å²) in [5, 5.41) is 9.45. The van der Waals surface area contributed by atoms with Crippen LogP contribution in [0.3, 0.4) is 0 Å². The molecule has 0 spiro atoms. The van der Waals surface area contributed by atoms with E-state index in [1.807, 2.05) is 0 Å². The Kier molecular flexibility index (Phi) is 4.82. The fourth-order valence-electron chi connectivity index (χ4n) is 1.73. The van der Waals surface area contributed by atoms with Crippen LogP contribution in [-0.4, -0.2) is 12.2 Å². The third-order valence-electron chi connectivity index (χ3n) is 2.81. The second-order valence-electron chi connectivity index (χ2n) is 4.17. The van der Waals surface area contributed by atoms with Crippen molar-refractivity contribution < 1.29 is 19.0 Å². The number of aliphatic hydroxyl groups is 1. The predicted octanol–water partition coefficient (Wildman–Crippen LogP) is 3.56. The van der Waals surface area contributed by atoms with Crippen molar-refractivity contribution in [1.29, 1.82) is 0 Å². The summed E-state index contributed by atoms with van der Waals surface area (Å²) in [5.74, 6) is 0.555. The third kappa shape index (κ3) is 3.40. The molecule has 0 fully saturated rings. The van der Waals surface area contributed by atoms with Crippen LogP contribution >= 0.6 is 11.6 Å². The highest BCUT2D eigenvalue weighted by atomic mass is 35.5. The van der Waals surface area contributed by atoms with E-state index >= 15 is 0 Å². The molecule has 0 heterocycles. The zero-order valence-electron chi connectivity index (χ0n) is 10.9. The number of aliphatic hydroxyl groups excluding tert-OH is 1. The third-order valence-corrected chi connectivity index (χ3v) is 3.04. The first-order valence-electron chi connectivity index (χ1n) is 5.98. The summed E-state index contributed by atoms with van der Waals surface area (Å²) in [4.78, 5) is 0. The van der Waals surface area contributed by atoms with Crippen LogP contribution in [0.25, 0.3) is 0 Å². The first-order valence-corrected chi connectivity index (χ1v) is 6.36. The van der Waals surface area contributed by atoms with Gasteiger partial charge >= 0.3 is 0 Å². The molecule has 106 valence electrons. The maximum Gasteiger partial charge on any atom is 0.162 e. The van der Waals surface area contributed by atoms with Gasteiger partial charge in [-0.15, -0.1) is 0 Å². The minimum Gasteiger partial charge on any atom is -0.493 e. The number of ether oxygens (including phenoxy) is 2. The van der Waals surface area contributed by atoms with Crippen molar-refractivity contribution in [1.82, 2.24) is 0 Å². The number of benzene rings is 2. The van der Waals surface area contributed by atoms with E-state index in [2.05, 4.69) is 0 Å². The number of rotatable bonds is 5. The molecule has 0 aliphatic rings. The Balaban J connectivity index is 2.17. The number of hydrogen-bond acceptors (Lipinski definition) is 3. The molecular weight excluding hydrogens is 283 g/mol. The first kappa shape index (κ1) is 14.6. The summed E-state index contributed by atoms with van der Waals surface area (Å²) in [5.41, 5.74) is 1.09. The Morgan fingerprint density at radius 2 is 1.95 bits per heavy atom. The van der Waals surface area contributed by atoms with Gasteiger partial charge < -0.3 is 14.6 Å². The Labute approximate surface area is 121 Å². The lowest BCUT2D eigenvalue weighted by Crippen LogP contribution is -2.00. The van der Waals surface area contributed by atoms with Crippen molar-refractivity contribution in [3.05, 3.63) is 58.4 Å². The largest absolute Gasteiger partial charge is 0.493 e. The van der Waals surface area contributed by atoms with E-state index < -0.39 is 5.82 Å². The molecule has 3 nitrogen and oxygen atoms in total. The molecule has 0 aliphatic heterocycles. The molecule has 0 amide bonds. The molecule has 0 aromatic heterocycles. The summed E-state index contributed by atoms with van der Waals surface area (Å²) in [6.45, 7) is -0.0517. The van der Waals surface area contributed by atoms with E-state index in [4.69, 9.17) is 26.2 Å². The van der Waals surface area contributed by atoms with E-state index in [0.29, 0.717) is 27.6 Å². The van der Waals surface area contributed by atoms with Crippen molar-refractivity contribution >= 4 is 11.6 Å². The minimum atomic E-state index is -0.422. The van der Waals surface area contributed by atoms with Crippen molar-refractivity contribution in [3.63, 3.8) is 0 Å². The van der Waals surface area contributed by atoms with Crippen molar-refractivity contribution in [2.45, 2.75) is 13.2 Å². The monoisotopic (exact) mass is 296 g/mol. The molecule has 20 heavy (non-hydrogen) atoms. The van der Waals surface area contributed by atoms with Crippen LogP contribution in [0.15, 0.2) is 36.4 Å². The number of halogens is 2. The molecule has 0 aliphatic carbocycles. The van der Waals surface area contributed by atoms with E-state index in [1.54, 1.807) is 30.3 Å². The molecule has 0 atom stereocenters. The smallest absolute Gasteiger partial charge is 0.162 e. The van der Waals surface area contributed by atoms with Crippen LogP contribution in [-0.2, 0) is 13.2 Å². The topological polar surface area (TPSA) is 38.7 Å². The van der Waals surface area contributed by atoms with Gasteiger partial charge in [0.25, 0.3) is 0 Å². The van der Waals surface area contributed by atoms with Crippen LogP contribution in [0.5, 0.6) is 11.5 Å².